The zero-order valence-corrected chi connectivity index (χ0v) is 18.9. The number of carbonyl (C=O) groups excluding carboxylic acids is 2. The molecule has 0 unspecified atom stereocenters. The fourth-order valence-corrected chi connectivity index (χ4v) is 3.44. The van der Waals surface area contributed by atoms with Gasteiger partial charge in [-0.05, 0) is 67.1 Å². The van der Waals surface area contributed by atoms with Crippen LogP contribution in [0.5, 0.6) is 11.5 Å². The summed E-state index contributed by atoms with van der Waals surface area (Å²) in [6, 6.07) is 25.2. The zero-order valence-electron chi connectivity index (χ0n) is 18.9. The van der Waals surface area contributed by atoms with E-state index in [1.807, 2.05) is 56.3 Å². The van der Waals surface area contributed by atoms with Crippen molar-refractivity contribution < 1.29 is 19.1 Å². The number of esters is 1. The highest BCUT2D eigenvalue weighted by Crippen LogP contribution is 2.27. The third-order valence-corrected chi connectivity index (χ3v) is 5.21. The predicted octanol–water partition coefficient (Wildman–Crippen LogP) is 5.53. The molecule has 0 aliphatic heterocycles. The smallest absolute Gasteiger partial charge is 0.343 e. The summed E-state index contributed by atoms with van der Waals surface area (Å²) in [4.78, 5) is 25.2. The van der Waals surface area contributed by atoms with E-state index in [1.54, 1.807) is 42.5 Å². The summed E-state index contributed by atoms with van der Waals surface area (Å²) in [6.07, 6.45) is 1.50. The highest BCUT2D eigenvalue weighted by Gasteiger charge is 2.14. The Morgan fingerprint density at radius 3 is 2.32 bits per heavy atom. The normalized spacial score (nSPS) is 10.9. The van der Waals surface area contributed by atoms with Crippen molar-refractivity contribution in [2.45, 2.75) is 13.8 Å². The van der Waals surface area contributed by atoms with Gasteiger partial charge in [0.05, 0.1) is 18.4 Å². The van der Waals surface area contributed by atoms with Crippen LogP contribution in [0.15, 0.2) is 90.0 Å². The molecular formula is C28H24N2O4. The maximum Gasteiger partial charge on any atom is 0.343 e. The molecule has 0 atom stereocenters. The summed E-state index contributed by atoms with van der Waals surface area (Å²) < 4.78 is 11.1. The molecule has 170 valence electrons. The fourth-order valence-electron chi connectivity index (χ4n) is 3.44. The Kier molecular flexibility index (Phi) is 6.98. The van der Waals surface area contributed by atoms with Crippen LogP contribution in [0, 0.1) is 6.92 Å². The average Bonchev–Trinajstić information content (AvgIpc) is 2.86. The SMILES string of the molecule is CCOc1ccc(C(=O)Oc2ccc3ccccc3c2C=NNC(=O)c2ccc(C)cc2)cc1. The van der Waals surface area contributed by atoms with Crippen molar-refractivity contribution in [3.8, 4) is 11.5 Å². The molecule has 0 fully saturated rings. The van der Waals surface area contributed by atoms with Gasteiger partial charge in [0.25, 0.3) is 5.91 Å². The number of hydrazone groups is 1. The Balaban J connectivity index is 1.58. The zero-order chi connectivity index (χ0) is 23.9. The van der Waals surface area contributed by atoms with Gasteiger partial charge in [0, 0.05) is 11.1 Å². The molecule has 0 radical (unpaired) electrons. The highest BCUT2D eigenvalue weighted by molar-refractivity contribution is 6.04. The molecule has 4 aromatic rings. The van der Waals surface area contributed by atoms with E-state index in [2.05, 4.69) is 10.5 Å². The largest absolute Gasteiger partial charge is 0.494 e. The molecule has 0 aliphatic carbocycles. The van der Waals surface area contributed by atoms with Gasteiger partial charge in [0.2, 0.25) is 0 Å². The summed E-state index contributed by atoms with van der Waals surface area (Å²) in [5, 5.41) is 5.92. The minimum atomic E-state index is -0.503. The van der Waals surface area contributed by atoms with Crippen LogP contribution < -0.4 is 14.9 Å². The second-order valence-electron chi connectivity index (χ2n) is 7.61. The van der Waals surface area contributed by atoms with E-state index in [4.69, 9.17) is 9.47 Å². The number of rotatable bonds is 7. The Labute approximate surface area is 197 Å². The van der Waals surface area contributed by atoms with Crippen LogP contribution >= 0.6 is 0 Å². The first-order chi connectivity index (χ1) is 16.5. The van der Waals surface area contributed by atoms with E-state index < -0.39 is 5.97 Å². The first kappa shape index (κ1) is 22.7. The molecule has 0 aliphatic rings. The maximum atomic E-state index is 12.8. The van der Waals surface area contributed by atoms with E-state index in [9.17, 15) is 9.59 Å². The van der Waals surface area contributed by atoms with Crippen LogP contribution in [0.4, 0.5) is 0 Å². The number of hydrogen-bond acceptors (Lipinski definition) is 5. The molecule has 0 heterocycles. The van der Waals surface area contributed by atoms with E-state index in [0.29, 0.717) is 34.8 Å². The first-order valence-electron chi connectivity index (χ1n) is 10.9. The maximum absolute atomic E-state index is 12.8. The summed E-state index contributed by atoms with van der Waals surface area (Å²) in [5.74, 6) is 0.189. The van der Waals surface area contributed by atoms with Crippen LogP contribution in [-0.4, -0.2) is 24.7 Å². The molecule has 1 amide bonds. The van der Waals surface area contributed by atoms with E-state index >= 15 is 0 Å². The van der Waals surface area contributed by atoms with Gasteiger partial charge in [0.1, 0.15) is 11.5 Å². The average molecular weight is 453 g/mol. The molecule has 6 nitrogen and oxygen atoms in total. The predicted molar refractivity (Wildman–Crippen MR) is 133 cm³/mol. The molecule has 0 spiro atoms. The lowest BCUT2D eigenvalue weighted by atomic mass is 10.0. The Bertz CT molecular complexity index is 1340. The molecule has 0 aromatic heterocycles. The topological polar surface area (TPSA) is 77.0 Å². The van der Waals surface area contributed by atoms with Gasteiger partial charge >= 0.3 is 5.97 Å². The van der Waals surface area contributed by atoms with Gasteiger partial charge in [-0.25, -0.2) is 10.2 Å². The summed E-state index contributed by atoms with van der Waals surface area (Å²) in [6.45, 7) is 4.40. The minimum absolute atomic E-state index is 0.329. The number of nitrogens with zero attached hydrogens (tertiary/aromatic N) is 1. The summed E-state index contributed by atoms with van der Waals surface area (Å²) in [5.41, 5.74) is 5.09. The molecule has 0 bridgehead atoms. The van der Waals surface area contributed by atoms with Crippen LogP contribution in [0.25, 0.3) is 10.8 Å². The number of aryl methyl sites for hydroxylation is 1. The minimum Gasteiger partial charge on any atom is -0.494 e. The van der Waals surface area contributed by atoms with Crippen LogP contribution in [0.1, 0.15) is 38.8 Å². The Morgan fingerprint density at radius 2 is 1.59 bits per heavy atom. The van der Waals surface area contributed by atoms with Crippen molar-refractivity contribution in [2.75, 3.05) is 6.61 Å². The van der Waals surface area contributed by atoms with Gasteiger partial charge in [-0.15, -0.1) is 0 Å². The van der Waals surface area contributed by atoms with Crippen molar-refractivity contribution >= 4 is 28.9 Å². The van der Waals surface area contributed by atoms with Gasteiger partial charge in [-0.3, -0.25) is 4.79 Å². The number of ether oxygens (including phenoxy) is 2. The van der Waals surface area contributed by atoms with Gasteiger partial charge in [-0.2, -0.15) is 5.10 Å². The third-order valence-electron chi connectivity index (χ3n) is 5.21. The van der Waals surface area contributed by atoms with Crippen LogP contribution in [-0.2, 0) is 0 Å². The number of amides is 1. The molecule has 0 saturated heterocycles. The van der Waals surface area contributed by atoms with E-state index in [0.717, 1.165) is 16.3 Å². The number of hydrogen-bond donors (Lipinski definition) is 1. The molecule has 0 saturated carbocycles. The molecule has 1 N–H and O–H groups in total. The van der Waals surface area contributed by atoms with Crippen molar-refractivity contribution in [3.63, 3.8) is 0 Å². The van der Waals surface area contributed by atoms with Gasteiger partial charge in [-0.1, -0.05) is 48.0 Å². The standard InChI is InChI=1S/C28H24N2O4/c1-3-33-23-15-12-22(13-16-23)28(32)34-26-17-14-20-6-4-5-7-24(20)25(26)18-29-30-27(31)21-10-8-19(2)9-11-21/h4-18H,3H2,1-2H3,(H,30,31). The second kappa shape index (κ2) is 10.4. The lowest BCUT2D eigenvalue weighted by Gasteiger charge is -2.11. The number of nitrogens with one attached hydrogen (secondary N) is 1. The number of fused-ring (bicyclic) bond motifs is 1. The molecule has 34 heavy (non-hydrogen) atoms. The lowest BCUT2D eigenvalue weighted by molar-refractivity contribution is 0.0734. The Hall–Kier alpha value is -4.45. The molecular weight excluding hydrogens is 428 g/mol. The Morgan fingerprint density at radius 1 is 0.882 bits per heavy atom. The van der Waals surface area contributed by atoms with E-state index in [1.165, 1.54) is 6.21 Å². The van der Waals surface area contributed by atoms with Crippen molar-refractivity contribution in [1.82, 2.24) is 5.43 Å². The molecule has 6 heteroatoms. The third kappa shape index (κ3) is 5.30. The fraction of sp³-hybridized carbons (Fsp3) is 0.107. The van der Waals surface area contributed by atoms with Crippen molar-refractivity contribution in [2.24, 2.45) is 5.10 Å². The first-order valence-corrected chi connectivity index (χ1v) is 10.9. The molecule has 4 rings (SSSR count). The summed E-state index contributed by atoms with van der Waals surface area (Å²) in [7, 11) is 0. The lowest BCUT2D eigenvalue weighted by Crippen LogP contribution is -2.17. The van der Waals surface area contributed by atoms with Gasteiger partial charge < -0.3 is 9.47 Å². The number of benzene rings is 4. The molecule has 4 aromatic carbocycles. The van der Waals surface area contributed by atoms with Crippen molar-refractivity contribution in [3.05, 3.63) is 107 Å². The quantitative estimate of drug-likeness (QED) is 0.173. The highest BCUT2D eigenvalue weighted by atomic mass is 16.5. The monoisotopic (exact) mass is 452 g/mol. The van der Waals surface area contributed by atoms with Crippen LogP contribution in [0.3, 0.4) is 0 Å². The number of carbonyl (C=O) groups is 2. The van der Waals surface area contributed by atoms with Gasteiger partial charge in [0.15, 0.2) is 0 Å². The summed E-state index contributed by atoms with van der Waals surface area (Å²) >= 11 is 0. The van der Waals surface area contributed by atoms with Crippen LogP contribution in [0.2, 0.25) is 0 Å². The van der Waals surface area contributed by atoms with E-state index in [-0.39, 0.29) is 5.91 Å². The second-order valence-corrected chi connectivity index (χ2v) is 7.61. The van der Waals surface area contributed by atoms with Crippen molar-refractivity contribution in [1.29, 1.82) is 0 Å².